The van der Waals surface area contributed by atoms with Crippen LogP contribution in [0.1, 0.15) is 21.5 Å². The molecule has 0 heterocycles. The Hall–Kier alpha value is -2.26. The Morgan fingerprint density at radius 3 is 2.67 bits per heavy atom. The Kier molecular flexibility index (Phi) is 9.02. The molecule has 0 saturated carbocycles. The van der Waals surface area contributed by atoms with Crippen LogP contribution in [-0.2, 0) is 6.61 Å². The van der Waals surface area contributed by atoms with Crippen molar-refractivity contribution in [2.24, 2.45) is 5.10 Å². The van der Waals surface area contributed by atoms with Crippen molar-refractivity contribution >= 4 is 78.9 Å². The second-order valence-corrected chi connectivity index (χ2v) is 9.76. The van der Waals surface area contributed by atoms with Crippen molar-refractivity contribution in [2.45, 2.75) is 6.61 Å². The summed E-state index contributed by atoms with van der Waals surface area (Å²) in [4.78, 5) is 22.8. The number of non-ortho nitro benzene ring substituents is 1. The fraction of sp³-hybridized carbons (Fsp3) is 0.0909. The first kappa shape index (κ1) is 25.4. The van der Waals surface area contributed by atoms with Gasteiger partial charge >= 0.3 is 0 Å². The topological polar surface area (TPSA) is 103 Å². The quantitative estimate of drug-likeness (QED) is 0.134. The van der Waals surface area contributed by atoms with Crippen LogP contribution >= 0.6 is 61.1 Å². The number of benzene rings is 3. The first-order valence-electron chi connectivity index (χ1n) is 9.30. The third-order valence-electron chi connectivity index (χ3n) is 4.32. The molecule has 0 aliphatic rings. The Labute approximate surface area is 225 Å². The largest absolute Gasteiger partial charge is 0.496 e. The molecule has 170 valence electrons. The predicted octanol–water partition coefficient (Wildman–Crippen LogP) is 5.92. The number of amides is 1. The number of hydrogen-bond donors (Lipinski definition) is 1. The summed E-state index contributed by atoms with van der Waals surface area (Å²) in [5.41, 5.74) is 4.38. The van der Waals surface area contributed by atoms with Crippen LogP contribution < -0.4 is 14.9 Å². The summed E-state index contributed by atoms with van der Waals surface area (Å²) >= 11 is 7.75. The number of nitro benzene ring substituents is 1. The number of ether oxygens (including phenoxy) is 2. The van der Waals surface area contributed by atoms with Gasteiger partial charge in [-0.1, -0.05) is 12.1 Å². The van der Waals surface area contributed by atoms with E-state index in [1.165, 1.54) is 18.3 Å². The van der Waals surface area contributed by atoms with Gasteiger partial charge in [-0.3, -0.25) is 14.9 Å². The fourth-order valence-electron chi connectivity index (χ4n) is 2.74. The monoisotopic (exact) mass is 735 g/mol. The van der Waals surface area contributed by atoms with Crippen molar-refractivity contribution < 1.29 is 19.2 Å². The second kappa shape index (κ2) is 11.7. The summed E-state index contributed by atoms with van der Waals surface area (Å²) in [5, 5.41) is 15.0. The maximum Gasteiger partial charge on any atom is 0.271 e. The highest BCUT2D eigenvalue weighted by Gasteiger charge is 2.12. The minimum Gasteiger partial charge on any atom is -0.496 e. The normalized spacial score (nSPS) is 10.8. The minimum absolute atomic E-state index is 0.0159. The molecule has 8 nitrogen and oxygen atoms in total. The number of hydrogen-bond acceptors (Lipinski definition) is 6. The highest BCUT2D eigenvalue weighted by Crippen LogP contribution is 2.32. The Bertz CT molecular complexity index is 1210. The molecule has 0 fully saturated rings. The highest BCUT2D eigenvalue weighted by molar-refractivity contribution is 14.1. The van der Waals surface area contributed by atoms with E-state index in [2.05, 4.69) is 71.6 Å². The van der Waals surface area contributed by atoms with Crippen molar-refractivity contribution in [3.05, 3.63) is 93.0 Å². The van der Waals surface area contributed by atoms with Gasteiger partial charge in [0, 0.05) is 17.7 Å². The number of nitrogens with zero attached hydrogens (tertiary/aromatic N) is 2. The van der Waals surface area contributed by atoms with Gasteiger partial charge in [-0.2, -0.15) is 5.10 Å². The van der Waals surface area contributed by atoms with Gasteiger partial charge in [0.1, 0.15) is 18.1 Å². The third kappa shape index (κ3) is 6.86. The van der Waals surface area contributed by atoms with E-state index in [9.17, 15) is 14.9 Å². The van der Waals surface area contributed by atoms with E-state index < -0.39 is 4.92 Å². The molecular weight excluding hydrogens is 720 g/mol. The zero-order valence-corrected chi connectivity index (χ0v) is 23.0. The molecule has 1 amide bonds. The fourth-order valence-corrected chi connectivity index (χ4v) is 5.06. The molecule has 11 heteroatoms. The van der Waals surface area contributed by atoms with Crippen molar-refractivity contribution in [1.82, 2.24) is 5.43 Å². The van der Waals surface area contributed by atoms with Gasteiger partial charge in [-0.15, -0.1) is 0 Å². The number of carbonyl (C=O) groups is 1. The first-order valence-corrected chi connectivity index (χ1v) is 12.3. The van der Waals surface area contributed by atoms with Gasteiger partial charge in [-0.05, 0) is 103 Å². The number of halogens is 3. The third-order valence-corrected chi connectivity index (χ3v) is 6.60. The van der Waals surface area contributed by atoms with Crippen molar-refractivity contribution in [2.75, 3.05) is 7.11 Å². The highest BCUT2D eigenvalue weighted by atomic mass is 127. The molecule has 0 radical (unpaired) electrons. The van der Waals surface area contributed by atoms with E-state index in [0.717, 1.165) is 12.7 Å². The Morgan fingerprint density at radius 1 is 1.18 bits per heavy atom. The van der Waals surface area contributed by atoms with Crippen LogP contribution in [0.15, 0.2) is 64.2 Å². The zero-order valence-electron chi connectivity index (χ0n) is 17.1. The van der Waals surface area contributed by atoms with Gasteiger partial charge < -0.3 is 9.47 Å². The smallest absolute Gasteiger partial charge is 0.271 e. The first-order chi connectivity index (χ1) is 15.8. The van der Waals surface area contributed by atoms with Gasteiger partial charge in [0.2, 0.25) is 0 Å². The molecule has 1 N–H and O–H groups in total. The lowest BCUT2D eigenvalue weighted by molar-refractivity contribution is -0.384. The SMILES string of the molecule is COc1cc(C(=O)N/N=C\c2cc(Br)c(OCc3cccc([N+](=O)[O-])c3)c(I)c2)ccc1I. The average Bonchev–Trinajstić information content (AvgIpc) is 2.79. The number of nitrogens with one attached hydrogen (secondary N) is 1. The molecule has 0 atom stereocenters. The maximum absolute atomic E-state index is 12.3. The summed E-state index contributed by atoms with van der Waals surface area (Å²) < 4.78 is 13.5. The number of hydrazone groups is 1. The van der Waals surface area contributed by atoms with E-state index in [1.54, 1.807) is 43.5 Å². The van der Waals surface area contributed by atoms with Gasteiger partial charge in [0.15, 0.2) is 0 Å². The zero-order chi connectivity index (χ0) is 24.0. The Morgan fingerprint density at radius 2 is 1.97 bits per heavy atom. The van der Waals surface area contributed by atoms with Crippen LogP contribution in [-0.4, -0.2) is 24.2 Å². The lowest BCUT2D eigenvalue weighted by Gasteiger charge is -2.11. The molecule has 0 aromatic heterocycles. The van der Waals surface area contributed by atoms with E-state index in [0.29, 0.717) is 27.1 Å². The Balaban J connectivity index is 1.66. The summed E-state index contributed by atoms with van der Waals surface area (Å²) in [5.74, 6) is 0.868. The van der Waals surface area contributed by atoms with E-state index >= 15 is 0 Å². The molecule has 0 saturated heterocycles. The predicted molar refractivity (Wildman–Crippen MR) is 145 cm³/mol. The van der Waals surface area contributed by atoms with Crippen LogP contribution in [0.25, 0.3) is 0 Å². The molecule has 3 aromatic carbocycles. The molecule has 0 unspecified atom stereocenters. The summed E-state index contributed by atoms with van der Waals surface area (Å²) in [6.07, 6.45) is 1.53. The molecule has 0 aliphatic heterocycles. The van der Waals surface area contributed by atoms with Crippen molar-refractivity contribution in [3.8, 4) is 11.5 Å². The average molecular weight is 736 g/mol. The van der Waals surface area contributed by atoms with Crippen LogP contribution in [0.4, 0.5) is 5.69 Å². The second-order valence-electron chi connectivity index (χ2n) is 6.58. The standard InChI is InChI=1S/C22H16BrI2N3O5/c1-32-20-10-15(5-6-18(20)24)22(29)27-26-11-14-8-17(23)21(19(25)9-14)33-12-13-3-2-4-16(7-13)28(30)31/h2-11H,12H2,1H3,(H,27,29)/b26-11-. The molecule has 0 aliphatic carbocycles. The van der Waals surface area contributed by atoms with Gasteiger partial charge in [-0.25, -0.2) is 5.43 Å². The van der Waals surface area contributed by atoms with E-state index in [1.807, 2.05) is 6.07 Å². The van der Waals surface area contributed by atoms with Crippen LogP contribution in [0, 0.1) is 17.3 Å². The number of nitro groups is 1. The summed E-state index contributed by atoms with van der Waals surface area (Å²) in [7, 11) is 1.55. The molecule has 0 spiro atoms. The number of methoxy groups -OCH3 is 1. The molecule has 33 heavy (non-hydrogen) atoms. The van der Waals surface area contributed by atoms with Crippen molar-refractivity contribution in [3.63, 3.8) is 0 Å². The maximum atomic E-state index is 12.3. The molecule has 0 bridgehead atoms. The van der Waals surface area contributed by atoms with E-state index in [4.69, 9.17) is 9.47 Å². The summed E-state index contributed by atoms with van der Waals surface area (Å²) in [6.45, 7) is 0.180. The number of carbonyl (C=O) groups excluding carboxylic acids is 1. The lowest BCUT2D eigenvalue weighted by atomic mass is 10.2. The number of rotatable bonds is 8. The lowest BCUT2D eigenvalue weighted by Crippen LogP contribution is -2.17. The molecular formula is C22H16BrI2N3O5. The van der Waals surface area contributed by atoms with Crippen molar-refractivity contribution in [1.29, 1.82) is 0 Å². The van der Waals surface area contributed by atoms with Gasteiger partial charge in [0.25, 0.3) is 11.6 Å². The minimum atomic E-state index is -0.439. The van der Waals surface area contributed by atoms with Crippen LogP contribution in [0.2, 0.25) is 0 Å². The summed E-state index contributed by atoms with van der Waals surface area (Å²) in [6, 6.07) is 15.1. The molecule has 3 aromatic rings. The van der Waals surface area contributed by atoms with Crippen LogP contribution in [0.3, 0.4) is 0 Å². The molecule has 3 rings (SSSR count). The van der Waals surface area contributed by atoms with Crippen LogP contribution in [0.5, 0.6) is 11.5 Å². The van der Waals surface area contributed by atoms with Gasteiger partial charge in [0.05, 0.1) is 29.9 Å². The van der Waals surface area contributed by atoms with E-state index in [-0.39, 0.29) is 18.2 Å².